The largest absolute Gasteiger partial charge is 0.392 e. The molecule has 0 saturated carbocycles. The molecule has 18 nitrogen and oxygen atoms in total. The fourth-order valence-electron chi connectivity index (χ4n) is 11.6. The minimum atomic E-state index is -0.982. The van der Waals surface area contributed by atoms with Crippen molar-refractivity contribution in [2.75, 3.05) is 60.9 Å². The van der Waals surface area contributed by atoms with Crippen LogP contribution in [-0.4, -0.2) is 126 Å². The summed E-state index contributed by atoms with van der Waals surface area (Å²) in [5.74, 6) is -1.19. The minimum absolute atomic E-state index is 0.0839. The zero-order chi connectivity index (χ0) is 48.6. The Morgan fingerprint density at radius 2 is 1.59 bits per heavy atom. The van der Waals surface area contributed by atoms with Crippen molar-refractivity contribution >= 4 is 52.5 Å². The molecule has 1 unspecified atom stereocenters. The van der Waals surface area contributed by atoms with Gasteiger partial charge in [0.25, 0.3) is 23.3 Å². The SMILES string of the molecule is Cn1cc(-c2ccnc(N3CCn4c(cc5c4CC(C)(C)C5)C3=O)c2CO)cc(Nc2ccc(N3CCC(N4CCN(Cc5ccc6c(c5)C(=O)N(C5CCC(=O)NC5=O)C6=O)CC4)CC3)cn2)c1=O. The molecule has 6 aliphatic rings. The van der Waals surface area contributed by atoms with Crippen molar-refractivity contribution in [3.63, 3.8) is 0 Å². The number of benzene rings is 1. The summed E-state index contributed by atoms with van der Waals surface area (Å²) in [6.07, 6.45) is 9.33. The van der Waals surface area contributed by atoms with E-state index in [0.29, 0.717) is 76.5 Å². The fraction of sp³-hybridized carbons (Fsp3) is 0.423. The second-order valence-electron chi connectivity index (χ2n) is 20.4. The number of amides is 5. The lowest BCUT2D eigenvalue weighted by molar-refractivity contribution is -0.136. The van der Waals surface area contributed by atoms with Gasteiger partial charge in [-0.15, -0.1) is 0 Å². The van der Waals surface area contributed by atoms with E-state index in [2.05, 4.69) is 48.7 Å². The molecule has 9 heterocycles. The number of nitrogens with zero attached hydrogens (tertiary/aromatic N) is 9. The maximum absolute atomic E-state index is 14.0. The molecule has 1 aliphatic carbocycles. The zero-order valence-electron chi connectivity index (χ0n) is 39.7. The molecule has 1 aromatic carbocycles. The summed E-state index contributed by atoms with van der Waals surface area (Å²) in [6.45, 7) is 11.3. The highest BCUT2D eigenvalue weighted by molar-refractivity contribution is 6.23. The van der Waals surface area contributed by atoms with Crippen LogP contribution in [0, 0.1) is 5.41 Å². The van der Waals surface area contributed by atoms with Crippen LogP contribution in [0.3, 0.4) is 0 Å². The van der Waals surface area contributed by atoms with E-state index in [1.165, 1.54) is 15.8 Å². The van der Waals surface area contributed by atoms with Gasteiger partial charge in [-0.1, -0.05) is 19.9 Å². The fourth-order valence-corrected chi connectivity index (χ4v) is 11.6. The van der Waals surface area contributed by atoms with E-state index in [4.69, 9.17) is 4.98 Å². The van der Waals surface area contributed by atoms with Crippen molar-refractivity contribution in [3.8, 4) is 11.1 Å². The third-order valence-electron chi connectivity index (χ3n) is 15.2. The molecule has 11 rings (SSSR count). The molecule has 3 N–H and O–H groups in total. The Morgan fingerprint density at radius 3 is 2.33 bits per heavy atom. The van der Waals surface area contributed by atoms with Crippen LogP contribution in [0.5, 0.6) is 0 Å². The molecular weight excluding hydrogens is 891 g/mol. The topological polar surface area (TPSA) is 199 Å². The van der Waals surface area contributed by atoms with Crippen LogP contribution >= 0.6 is 0 Å². The highest BCUT2D eigenvalue weighted by atomic mass is 16.3. The summed E-state index contributed by atoms with van der Waals surface area (Å²) in [4.78, 5) is 97.4. The van der Waals surface area contributed by atoms with Gasteiger partial charge in [0.15, 0.2) is 0 Å². The normalized spacial score (nSPS) is 20.8. The molecule has 1 atom stereocenters. The third kappa shape index (κ3) is 8.16. The van der Waals surface area contributed by atoms with E-state index in [0.717, 1.165) is 81.1 Å². The van der Waals surface area contributed by atoms with Crippen LogP contribution in [0.2, 0.25) is 0 Å². The Balaban J connectivity index is 0.691. The van der Waals surface area contributed by atoms with Crippen molar-refractivity contribution in [2.24, 2.45) is 12.5 Å². The van der Waals surface area contributed by atoms with Gasteiger partial charge in [-0.2, -0.15) is 0 Å². The molecular formula is C52H57N11O7. The van der Waals surface area contributed by atoms with Gasteiger partial charge in [0.05, 0.1) is 29.6 Å². The third-order valence-corrected chi connectivity index (χ3v) is 15.2. The Kier molecular flexibility index (Phi) is 11.5. The molecule has 70 heavy (non-hydrogen) atoms. The van der Waals surface area contributed by atoms with E-state index in [1.54, 1.807) is 48.6 Å². The molecule has 5 aromatic rings. The predicted octanol–water partition coefficient (Wildman–Crippen LogP) is 3.85. The lowest BCUT2D eigenvalue weighted by Crippen LogP contribution is -2.54. The monoisotopic (exact) mass is 947 g/mol. The molecule has 5 amide bonds. The number of piperidine rings is 2. The van der Waals surface area contributed by atoms with Crippen LogP contribution in [0.4, 0.5) is 23.0 Å². The van der Waals surface area contributed by atoms with Crippen LogP contribution in [-0.2, 0) is 49.2 Å². The first-order chi connectivity index (χ1) is 33.7. The summed E-state index contributed by atoms with van der Waals surface area (Å²) in [7, 11) is 1.69. The van der Waals surface area contributed by atoms with Crippen LogP contribution in [0.25, 0.3) is 11.1 Å². The average molecular weight is 948 g/mol. The minimum Gasteiger partial charge on any atom is -0.392 e. The average Bonchev–Trinajstić information content (AvgIpc) is 3.94. The van der Waals surface area contributed by atoms with Gasteiger partial charge in [0.2, 0.25) is 11.8 Å². The highest BCUT2D eigenvalue weighted by Gasteiger charge is 2.45. The Bertz CT molecular complexity index is 3040. The number of pyridine rings is 3. The lowest BCUT2D eigenvalue weighted by atomic mass is 9.90. The molecule has 0 bridgehead atoms. The molecule has 18 heteroatoms. The van der Waals surface area contributed by atoms with Crippen molar-refractivity contribution in [3.05, 3.63) is 117 Å². The number of anilines is 4. The van der Waals surface area contributed by atoms with Crippen molar-refractivity contribution < 1.29 is 29.1 Å². The number of aliphatic hydroxyl groups excluding tert-OH is 1. The Labute approximate surface area is 404 Å². The van der Waals surface area contributed by atoms with E-state index in [1.807, 2.05) is 30.5 Å². The van der Waals surface area contributed by atoms with E-state index in [-0.39, 0.29) is 36.3 Å². The van der Waals surface area contributed by atoms with Crippen LogP contribution in [0.1, 0.15) is 93.1 Å². The number of fused-ring (bicyclic) bond motifs is 4. The van der Waals surface area contributed by atoms with Gasteiger partial charge < -0.3 is 24.5 Å². The number of hydrogen-bond acceptors (Lipinski definition) is 13. The second-order valence-corrected chi connectivity index (χ2v) is 20.4. The Morgan fingerprint density at radius 1 is 0.800 bits per heavy atom. The van der Waals surface area contributed by atoms with Crippen LogP contribution < -0.4 is 26.0 Å². The predicted molar refractivity (Wildman–Crippen MR) is 261 cm³/mol. The molecule has 5 aliphatic heterocycles. The molecule has 3 saturated heterocycles. The maximum Gasteiger partial charge on any atom is 0.276 e. The number of aromatic nitrogens is 4. The van der Waals surface area contributed by atoms with E-state index >= 15 is 0 Å². The zero-order valence-corrected chi connectivity index (χ0v) is 39.7. The number of carbonyl (C=O) groups excluding carboxylic acids is 5. The van der Waals surface area contributed by atoms with Crippen molar-refractivity contribution in [1.82, 2.24) is 39.1 Å². The summed E-state index contributed by atoms with van der Waals surface area (Å²) < 4.78 is 3.66. The number of nitrogens with one attached hydrogen (secondary N) is 2. The van der Waals surface area contributed by atoms with Gasteiger partial charge in [-0.25, -0.2) is 9.97 Å². The van der Waals surface area contributed by atoms with E-state index < -0.39 is 29.7 Å². The van der Waals surface area contributed by atoms with Gasteiger partial charge in [0.1, 0.15) is 29.1 Å². The molecule has 362 valence electrons. The van der Waals surface area contributed by atoms with Crippen molar-refractivity contribution in [1.29, 1.82) is 0 Å². The van der Waals surface area contributed by atoms with Gasteiger partial charge in [-0.3, -0.25) is 53.7 Å². The van der Waals surface area contributed by atoms with Gasteiger partial charge in [-0.05, 0) is 96.7 Å². The summed E-state index contributed by atoms with van der Waals surface area (Å²) in [5, 5.41) is 16.3. The first-order valence-corrected chi connectivity index (χ1v) is 24.4. The van der Waals surface area contributed by atoms with E-state index in [9.17, 15) is 33.9 Å². The standard InChI is InChI=1S/C52H57N11O7/c1-52(2)25-32-24-42-51(70)62(21-20-61(42)43(32)26-52)46-39(30-64)36(10-13-53-46)33-23-40(50(69)57(3)29-33)55-44-8-5-35(27-54-44)59-14-11-34(12-15-59)60-18-16-58(17-19-60)28-31-4-6-37-38(22-31)49(68)63(48(37)67)41-7-9-45(65)56-47(41)66/h4-6,8,10,13,22-24,27,29,34,41,64H,7,9,11-12,14-21,25-26,28,30H2,1-3H3,(H,54,55)(H,56,65,66). The Hall–Kier alpha value is -7.02. The number of piperazine rings is 1. The molecule has 0 spiro atoms. The van der Waals surface area contributed by atoms with Gasteiger partial charge >= 0.3 is 0 Å². The number of aryl methyl sites for hydroxylation is 1. The smallest absolute Gasteiger partial charge is 0.276 e. The first-order valence-electron chi connectivity index (χ1n) is 24.4. The number of hydrogen-bond donors (Lipinski definition) is 3. The molecule has 0 radical (unpaired) electrons. The maximum atomic E-state index is 14.0. The summed E-state index contributed by atoms with van der Waals surface area (Å²) in [5.41, 5.74) is 7.81. The highest BCUT2D eigenvalue weighted by Crippen LogP contribution is 2.40. The van der Waals surface area contributed by atoms with Crippen molar-refractivity contribution in [2.45, 2.75) is 84.2 Å². The quantitative estimate of drug-likeness (QED) is 0.171. The summed E-state index contributed by atoms with van der Waals surface area (Å²) in [6, 6.07) is 14.3. The molecule has 4 aromatic heterocycles. The number of aliphatic hydroxyl groups is 1. The molecule has 3 fully saturated rings. The second kappa shape index (κ2) is 17.7. The first kappa shape index (κ1) is 45.4. The number of carbonyl (C=O) groups is 5. The number of imide groups is 2. The number of rotatable bonds is 10. The van der Waals surface area contributed by atoms with Gasteiger partial charge in [0, 0.05) is 108 Å². The lowest BCUT2D eigenvalue weighted by Gasteiger charge is -2.43. The summed E-state index contributed by atoms with van der Waals surface area (Å²) >= 11 is 0. The van der Waals surface area contributed by atoms with Crippen LogP contribution in [0.15, 0.2) is 71.9 Å².